The van der Waals surface area contributed by atoms with E-state index < -0.39 is 0 Å². The summed E-state index contributed by atoms with van der Waals surface area (Å²) in [5, 5.41) is 6.10. The standard InChI is InChI=1S/C10H14N2OS/c1-6-11-8(5-14-6)7-4-9(13)12-10(7,2)3/h5,7H,4H2,1-3H3,(H,12,13). The molecule has 76 valence electrons. The number of aryl methyl sites for hydroxylation is 1. The van der Waals surface area contributed by atoms with Gasteiger partial charge in [-0.15, -0.1) is 11.3 Å². The molecule has 1 aliphatic heterocycles. The smallest absolute Gasteiger partial charge is 0.221 e. The van der Waals surface area contributed by atoms with Gasteiger partial charge in [-0.3, -0.25) is 4.79 Å². The molecule has 14 heavy (non-hydrogen) atoms. The van der Waals surface area contributed by atoms with Crippen molar-refractivity contribution in [3.63, 3.8) is 0 Å². The topological polar surface area (TPSA) is 42.0 Å². The van der Waals surface area contributed by atoms with Gasteiger partial charge in [-0.1, -0.05) is 0 Å². The van der Waals surface area contributed by atoms with E-state index >= 15 is 0 Å². The maximum Gasteiger partial charge on any atom is 0.221 e. The molecule has 1 saturated heterocycles. The minimum absolute atomic E-state index is 0.130. The third-order valence-electron chi connectivity index (χ3n) is 2.72. The Balaban J connectivity index is 2.31. The van der Waals surface area contributed by atoms with Gasteiger partial charge < -0.3 is 5.32 Å². The highest BCUT2D eigenvalue weighted by Crippen LogP contribution is 2.36. The van der Waals surface area contributed by atoms with Crippen LogP contribution in [0.25, 0.3) is 0 Å². The van der Waals surface area contributed by atoms with Crippen LogP contribution in [0, 0.1) is 6.92 Å². The first kappa shape index (κ1) is 9.65. The lowest BCUT2D eigenvalue weighted by Crippen LogP contribution is -2.38. The summed E-state index contributed by atoms with van der Waals surface area (Å²) in [7, 11) is 0. The first-order valence-corrected chi connectivity index (χ1v) is 5.60. The van der Waals surface area contributed by atoms with Crippen LogP contribution in [0.15, 0.2) is 5.38 Å². The Bertz CT molecular complexity index is 370. The third kappa shape index (κ3) is 1.54. The van der Waals surface area contributed by atoms with Gasteiger partial charge >= 0.3 is 0 Å². The number of amides is 1. The van der Waals surface area contributed by atoms with Crippen molar-refractivity contribution in [2.75, 3.05) is 0 Å². The lowest BCUT2D eigenvalue weighted by Gasteiger charge is -2.24. The second kappa shape index (κ2) is 3.05. The van der Waals surface area contributed by atoms with E-state index in [4.69, 9.17) is 0 Å². The Morgan fingerprint density at radius 3 is 2.79 bits per heavy atom. The fraction of sp³-hybridized carbons (Fsp3) is 0.600. The predicted molar refractivity (Wildman–Crippen MR) is 56.4 cm³/mol. The first-order valence-electron chi connectivity index (χ1n) is 4.72. The number of thiazole rings is 1. The number of hydrogen-bond acceptors (Lipinski definition) is 3. The summed E-state index contributed by atoms with van der Waals surface area (Å²) >= 11 is 1.64. The summed E-state index contributed by atoms with van der Waals surface area (Å²) in [4.78, 5) is 15.8. The van der Waals surface area contributed by atoms with E-state index in [9.17, 15) is 4.79 Å². The van der Waals surface area contributed by atoms with E-state index in [2.05, 4.69) is 29.5 Å². The lowest BCUT2D eigenvalue weighted by molar-refractivity contribution is -0.119. The van der Waals surface area contributed by atoms with Crippen molar-refractivity contribution in [1.82, 2.24) is 10.3 Å². The van der Waals surface area contributed by atoms with E-state index in [1.807, 2.05) is 6.92 Å². The molecule has 0 aromatic carbocycles. The highest BCUT2D eigenvalue weighted by atomic mass is 32.1. The summed E-state index contributed by atoms with van der Waals surface area (Å²) in [6, 6.07) is 0. The first-order chi connectivity index (χ1) is 6.49. The zero-order chi connectivity index (χ0) is 10.3. The minimum Gasteiger partial charge on any atom is -0.351 e. The van der Waals surface area contributed by atoms with Gasteiger partial charge in [0.05, 0.1) is 10.7 Å². The molecule has 1 N–H and O–H groups in total. The van der Waals surface area contributed by atoms with Gasteiger partial charge in [0.1, 0.15) is 0 Å². The lowest BCUT2D eigenvalue weighted by atomic mass is 9.87. The van der Waals surface area contributed by atoms with E-state index in [0.717, 1.165) is 10.7 Å². The summed E-state index contributed by atoms with van der Waals surface area (Å²) < 4.78 is 0. The molecule has 4 heteroatoms. The number of nitrogens with zero attached hydrogens (tertiary/aromatic N) is 1. The average Bonchev–Trinajstić information content (AvgIpc) is 2.55. The zero-order valence-corrected chi connectivity index (χ0v) is 9.44. The number of aromatic nitrogens is 1. The van der Waals surface area contributed by atoms with E-state index in [-0.39, 0.29) is 17.4 Å². The van der Waals surface area contributed by atoms with Crippen LogP contribution in [0.3, 0.4) is 0 Å². The third-order valence-corrected chi connectivity index (χ3v) is 3.51. The molecule has 0 saturated carbocycles. The van der Waals surface area contributed by atoms with Gasteiger partial charge in [0.25, 0.3) is 0 Å². The van der Waals surface area contributed by atoms with E-state index in [1.54, 1.807) is 11.3 Å². The normalized spacial score (nSPS) is 25.1. The average molecular weight is 210 g/mol. The predicted octanol–water partition coefficient (Wildman–Crippen LogP) is 1.83. The van der Waals surface area contributed by atoms with Crippen LogP contribution in [-0.4, -0.2) is 16.4 Å². The Morgan fingerprint density at radius 2 is 2.36 bits per heavy atom. The second-order valence-electron chi connectivity index (χ2n) is 4.32. The maximum atomic E-state index is 11.3. The Labute approximate surface area is 87.6 Å². The summed E-state index contributed by atoms with van der Waals surface area (Å²) in [6.07, 6.45) is 0.566. The van der Waals surface area contributed by atoms with Gasteiger partial charge in [-0.2, -0.15) is 0 Å². The molecule has 3 nitrogen and oxygen atoms in total. The van der Waals surface area contributed by atoms with E-state index in [1.165, 1.54) is 0 Å². The molecule has 1 amide bonds. The maximum absolute atomic E-state index is 11.3. The monoisotopic (exact) mass is 210 g/mol. The number of carbonyl (C=O) groups is 1. The molecule has 1 aromatic heterocycles. The molecule has 2 heterocycles. The van der Waals surface area contributed by atoms with Gasteiger partial charge in [0.2, 0.25) is 5.91 Å². The highest BCUT2D eigenvalue weighted by Gasteiger charge is 2.40. The fourth-order valence-electron chi connectivity index (χ4n) is 1.95. The van der Waals surface area contributed by atoms with Crippen LogP contribution in [0.2, 0.25) is 0 Å². The van der Waals surface area contributed by atoms with Gasteiger partial charge in [-0.05, 0) is 20.8 Å². The molecule has 1 unspecified atom stereocenters. The quantitative estimate of drug-likeness (QED) is 0.768. The molecule has 0 aliphatic carbocycles. The van der Waals surface area contributed by atoms with Gasteiger partial charge in [-0.25, -0.2) is 4.98 Å². The van der Waals surface area contributed by atoms with E-state index in [0.29, 0.717) is 6.42 Å². The summed E-state index contributed by atoms with van der Waals surface area (Å²) in [5.41, 5.74) is 0.897. The molecule has 2 rings (SSSR count). The largest absolute Gasteiger partial charge is 0.351 e. The van der Waals surface area contributed by atoms with Crippen LogP contribution in [-0.2, 0) is 4.79 Å². The van der Waals surface area contributed by atoms with Crippen molar-refractivity contribution < 1.29 is 4.79 Å². The molecule has 1 atom stereocenters. The van der Waals surface area contributed by atoms with Crippen molar-refractivity contribution in [2.45, 2.75) is 38.6 Å². The van der Waals surface area contributed by atoms with Crippen molar-refractivity contribution in [1.29, 1.82) is 0 Å². The summed E-state index contributed by atoms with van der Waals surface area (Å²) in [6.45, 7) is 6.10. The highest BCUT2D eigenvalue weighted by molar-refractivity contribution is 7.09. The fourth-order valence-corrected chi connectivity index (χ4v) is 2.62. The van der Waals surface area contributed by atoms with Crippen LogP contribution in [0.4, 0.5) is 0 Å². The molecular formula is C10H14N2OS. The second-order valence-corrected chi connectivity index (χ2v) is 5.38. The minimum atomic E-state index is -0.155. The van der Waals surface area contributed by atoms with Crippen LogP contribution in [0.1, 0.15) is 36.9 Å². The number of nitrogens with one attached hydrogen (secondary N) is 1. The summed E-state index contributed by atoms with van der Waals surface area (Å²) in [5.74, 6) is 0.352. The number of hydrogen-bond donors (Lipinski definition) is 1. The molecule has 1 aliphatic rings. The Morgan fingerprint density at radius 1 is 1.64 bits per heavy atom. The Hall–Kier alpha value is -0.900. The van der Waals surface area contributed by atoms with Crippen molar-refractivity contribution in [3.05, 3.63) is 16.1 Å². The molecule has 1 aromatic rings. The molecular weight excluding hydrogens is 196 g/mol. The van der Waals surface area contributed by atoms with Crippen LogP contribution in [0.5, 0.6) is 0 Å². The van der Waals surface area contributed by atoms with Crippen LogP contribution < -0.4 is 5.32 Å². The van der Waals surface area contributed by atoms with Crippen molar-refractivity contribution >= 4 is 17.2 Å². The molecule has 0 radical (unpaired) electrons. The Kier molecular flexibility index (Phi) is 2.10. The van der Waals surface area contributed by atoms with Gasteiger partial charge in [0, 0.05) is 23.3 Å². The molecule has 0 bridgehead atoms. The SMILES string of the molecule is Cc1nc(C2CC(=O)NC2(C)C)cs1. The molecule has 0 spiro atoms. The van der Waals surface area contributed by atoms with Crippen molar-refractivity contribution in [3.8, 4) is 0 Å². The van der Waals surface area contributed by atoms with Crippen molar-refractivity contribution in [2.24, 2.45) is 0 Å². The zero-order valence-electron chi connectivity index (χ0n) is 8.63. The van der Waals surface area contributed by atoms with Gasteiger partial charge in [0.15, 0.2) is 0 Å². The number of carbonyl (C=O) groups excluding carboxylic acids is 1. The number of rotatable bonds is 1. The molecule has 1 fully saturated rings. The van der Waals surface area contributed by atoms with Crippen LogP contribution >= 0.6 is 11.3 Å².